The molecule has 1 aromatic carbocycles. The predicted octanol–water partition coefficient (Wildman–Crippen LogP) is 2.26. The van der Waals surface area contributed by atoms with E-state index in [9.17, 15) is 13.2 Å². The van der Waals surface area contributed by atoms with Crippen molar-refractivity contribution >= 4 is 15.9 Å². The number of hydrogen-bond acceptors (Lipinski definition) is 5. The first-order valence-electron chi connectivity index (χ1n) is 7.37. The summed E-state index contributed by atoms with van der Waals surface area (Å²) in [4.78, 5) is 15.4. The number of carbonyl (C=O) groups is 1. The van der Waals surface area contributed by atoms with Crippen LogP contribution in [0.4, 0.5) is 0 Å². The zero-order valence-electron chi connectivity index (χ0n) is 13.8. The van der Waals surface area contributed by atoms with Crippen LogP contribution in [0.3, 0.4) is 0 Å². The Morgan fingerprint density at radius 3 is 2.38 bits per heavy atom. The molecule has 2 rings (SSSR count). The second-order valence-electron chi connectivity index (χ2n) is 6.28. The number of sulfonamides is 1. The highest BCUT2D eigenvalue weighted by molar-refractivity contribution is 7.90. The largest absolute Gasteiger partial charge is 0.484 e. The van der Waals surface area contributed by atoms with E-state index in [1.165, 1.54) is 24.5 Å². The quantitative estimate of drug-likeness (QED) is 0.896. The van der Waals surface area contributed by atoms with E-state index in [0.29, 0.717) is 5.75 Å². The highest BCUT2D eigenvalue weighted by Gasteiger charge is 2.18. The van der Waals surface area contributed by atoms with Crippen LogP contribution in [0.25, 0.3) is 0 Å². The molecule has 2 aromatic rings. The SMILES string of the molecule is CC(C)(C)c1ccc(OCC(=O)NS(=O)(=O)c2cccnc2)cc1. The maximum absolute atomic E-state index is 12.0. The summed E-state index contributed by atoms with van der Waals surface area (Å²) in [6.45, 7) is 5.90. The molecule has 0 saturated heterocycles. The molecule has 6 nitrogen and oxygen atoms in total. The molecular weight excluding hydrogens is 328 g/mol. The lowest BCUT2D eigenvalue weighted by Crippen LogP contribution is -2.34. The summed E-state index contributed by atoms with van der Waals surface area (Å²) in [5.41, 5.74) is 1.16. The molecule has 0 aliphatic carbocycles. The van der Waals surface area contributed by atoms with E-state index < -0.39 is 22.5 Å². The molecule has 0 unspecified atom stereocenters. The molecule has 0 saturated carbocycles. The van der Waals surface area contributed by atoms with Crippen molar-refractivity contribution < 1.29 is 17.9 Å². The number of hydrogen-bond donors (Lipinski definition) is 1. The van der Waals surface area contributed by atoms with E-state index >= 15 is 0 Å². The van der Waals surface area contributed by atoms with Crippen molar-refractivity contribution in [3.8, 4) is 5.75 Å². The van der Waals surface area contributed by atoms with Crippen molar-refractivity contribution in [3.63, 3.8) is 0 Å². The Bertz CT molecular complexity index is 795. The molecule has 0 fully saturated rings. The van der Waals surface area contributed by atoms with Crippen LogP contribution in [0.1, 0.15) is 26.3 Å². The molecule has 1 heterocycles. The van der Waals surface area contributed by atoms with Crippen LogP contribution >= 0.6 is 0 Å². The van der Waals surface area contributed by atoms with Gasteiger partial charge in [0.25, 0.3) is 15.9 Å². The van der Waals surface area contributed by atoms with Gasteiger partial charge in [-0.1, -0.05) is 32.9 Å². The average molecular weight is 348 g/mol. The van der Waals surface area contributed by atoms with Gasteiger partial charge in [0.05, 0.1) is 0 Å². The van der Waals surface area contributed by atoms with Gasteiger partial charge in [-0.05, 0) is 35.2 Å². The number of amides is 1. The highest BCUT2D eigenvalue weighted by Crippen LogP contribution is 2.24. The van der Waals surface area contributed by atoms with Gasteiger partial charge in [0, 0.05) is 12.4 Å². The third kappa shape index (κ3) is 4.79. The summed E-state index contributed by atoms with van der Waals surface area (Å²) >= 11 is 0. The summed E-state index contributed by atoms with van der Waals surface area (Å²) in [5, 5.41) is 0. The maximum Gasteiger partial charge on any atom is 0.271 e. The number of benzene rings is 1. The summed E-state index contributed by atoms with van der Waals surface area (Å²) in [7, 11) is -3.93. The topological polar surface area (TPSA) is 85.4 Å². The number of ether oxygens (including phenoxy) is 1. The molecule has 1 N–H and O–H groups in total. The Morgan fingerprint density at radius 1 is 1.17 bits per heavy atom. The first-order chi connectivity index (χ1) is 11.2. The van der Waals surface area contributed by atoms with Crippen LogP contribution < -0.4 is 9.46 Å². The fraction of sp³-hybridized carbons (Fsp3) is 0.294. The van der Waals surface area contributed by atoms with Gasteiger partial charge in [-0.2, -0.15) is 0 Å². The van der Waals surface area contributed by atoms with E-state index in [1.807, 2.05) is 16.9 Å². The lowest BCUT2D eigenvalue weighted by molar-refractivity contribution is -0.121. The maximum atomic E-state index is 12.0. The predicted molar refractivity (Wildman–Crippen MR) is 90.2 cm³/mol. The summed E-state index contributed by atoms with van der Waals surface area (Å²) in [5.74, 6) is -0.254. The smallest absolute Gasteiger partial charge is 0.271 e. The van der Waals surface area contributed by atoms with Crippen molar-refractivity contribution in [2.45, 2.75) is 31.1 Å². The third-order valence-electron chi connectivity index (χ3n) is 3.28. The number of carbonyl (C=O) groups excluding carboxylic acids is 1. The molecule has 0 aliphatic heterocycles. The summed E-state index contributed by atoms with van der Waals surface area (Å²) in [6, 6.07) is 10.2. The van der Waals surface area contributed by atoms with Gasteiger partial charge in [-0.25, -0.2) is 13.1 Å². The van der Waals surface area contributed by atoms with Gasteiger partial charge >= 0.3 is 0 Å². The first-order valence-corrected chi connectivity index (χ1v) is 8.86. The summed E-state index contributed by atoms with van der Waals surface area (Å²) in [6.07, 6.45) is 2.62. The van der Waals surface area contributed by atoms with Crippen LogP contribution in [0.15, 0.2) is 53.7 Å². The van der Waals surface area contributed by atoms with Gasteiger partial charge < -0.3 is 4.74 Å². The Hall–Kier alpha value is -2.41. The average Bonchev–Trinajstić information content (AvgIpc) is 2.53. The molecule has 1 amide bonds. The van der Waals surface area contributed by atoms with Gasteiger partial charge in [-0.3, -0.25) is 9.78 Å². The minimum absolute atomic E-state index is 0.0215. The van der Waals surface area contributed by atoms with E-state index in [2.05, 4.69) is 25.8 Å². The monoisotopic (exact) mass is 348 g/mol. The second kappa shape index (κ2) is 7.00. The number of rotatable bonds is 5. The molecule has 0 atom stereocenters. The molecule has 0 radical (unpaired) electrons. The molecule has 0 aliphatic rings. The lowest BCUT2D eigenvalue weighted by atomic mass is 9.87. The minimum Gasteiger partial charge on any atom is -0.484 e. The Morgan fingerprint density at radius 2 is 1.83 bits per heavy atom. The van der Waals surface area contributed by atoms with Crippen molar-refractivity contribution in [2.24, 2.45) is 0 Å². The van der Waals surface area contributed by atoms with Gasteiger partial charge in [0.2, 0.25) is 0 Å². The molecule has 24 heavy (non-hydrogen) atoms. The Labute approximate surface area is 141 Å². The van der Waals surface area contributed by atoms with E-state index in [0.717, 1.165) is 5.56 Å². The molecular formula is C17H20N2O4S. The molecule has 0 spiro atoms. The van der Waals surface area contributed by atoms with Crippen LogP contribution in [0.5, 0.6) is 5.75 Å². The van der Waals surface area contributed by atoms with Crippen molar-refractivity contribution in [1.29, 1.82) is 0 Å². The van der Waals surface area contributed by atoms with E-state index in [4.69, 9.17) is 4.74 Å². The fourth-order valence-electron chi connectivity index (χ4n) is 1.94. The molecule has 7 heteroatoms. The number of pyridine rings is 1. The van der Waals surface area contributed by atoms with Crippen LogP contribution in [-0.4, -0.2) is 25.9 Å². The van der Waals surface area contributed by atoms with Crippen molar-refractivity contribution in [2.75, 3.05) is 6.61 Å². The second-order valence-corrected chi connectivity index (χ2v) is 7.96. The number of nitrogens with one attached hydrogen (secondary N) is 1. The Balaban J connectivity index is 1.94. The minimum atomic E-state index is -3.93. The molecule has 128 valence electrons. The van der Waals surface area contributed by atoms with Crippen molar-refractivity contribution in [1.82, 2.24) is 9.71 Å². The molecule has 0 bridgehead atoms. The van der Waals surface area contributed by atoms with Gasteiger partial charge in [0.1, 0.15) is 10.6 Å². The zero-order chi connectivity index (χ0) is 17.8. The van der Waals surface area contributed by atoms with Gasteiger partial charge in [-0.15, -0.1) is 0 Å². The van der Waals surface area contributed by atoms with E-state index in [1.54, 1.807) is 12.1 Å². The molecule has 1 aromatic heterocycles. The standard InChI is InChI=1S/C17H20N2O4S/c1-17(2,3)13-6-8-14(9-7-13)23-12-16(20)19-24(21,22)15-5-4-10-18-11-15/h4-11H,12H2,1-3H3,(H,19,20). The first kappa shape index (κ1) is 17.9. The summed E-state index contributed by atoms with van der Waals surface area (Å²) < 4.78 is 31.2. The van der Waals surface area contributed by atoms with Gasteiger partial charge in [0.15, 0.2) is 6.61 Å². The highest BCUT2D eigenvalue weighted by atomic mass is 32.2. The van der Waals surface area contributed by atoms with Crippen LogP contribution in [0, 0.1) is 0 Å². The fourth-order valence-corrected chi connectivity index (χ4v) is 2.88. The Kier molecular flexibility index (Phi) is 5.23. The van der Waals surface area contributed by atoms with E-state index in [-0.39, 0.29) is 10.3 Å². The lowest BCUT2D eigenvalue weighted by Gasteiger charge is -2.19. The number of nitrogens with zero attached hydrogens (tertiary/aromatic N) is 1. The zero-order valence-corrected chi connectivity index (χ0v) is 14.6. The van der Waals surface area contributed by atoms with Crippen molar-refractivity contribution in [3.05, 3.63) is 54.4 Å². The third-order valence-corrected chi connectivity index (χ3v) is 4.64. The van der Waals surface area contributed by atoms with Crippen LogP contribution in [0.2, 0.25) is 0 Å². The van der Waals surface area contributed by atoms with Crippen LogP contribution in [-0.2, 0) is 20.2 Å². The number of aromatic nitrogens is 1. The normalized spacial score (nSPS) is 11.8.